The molecule has 2 atom stereocenters. The Balaban J connectivity index is 1.73. The fraction of sp³-hybridized carbons (Fsp3) is 0.591. The number of rotatable bonds is 9. The van der Waals surface area contributed by atoms with Crippen LogP contribution < -0.4 is 10.9 Å². The van der Waals surface area contributed by atoms with Crippen LogP contribution in [0.15, 0.2) is 34.2 Å². The lowest BCUT2D eigenvalue weighted by Crippen LogP contribution is -2.34. The van der Waals surface area contributed by atoms with E-state index in [2.05, 4.69) is 24.1 Å². The van der Waals surface area contributed by atoms with E-state index in [1.807, 2.05) is 25.1 Å². The molecule has 3 rings (SSSR count). The number of thioether (sulfide) groups is 1. The maximum absolute atomic E-state index is 13.1. The monoisotopic (exact) mass is 417 g/mol. The Morgan fingerprint density at radius 1 is 1.31 bits per heavy atom. The first kappa shape index (κ1) is 21.8. The van der Waals surface area contributed by atoms with Crippen molar-refractivity contribution in [2.24, 2.45) is 5.92 Å². The average molecular weight is 418 g/mol. The van der Waals surface area contributed by atoms with Crippen LogP contribution in [0.2, 0.25) is 0 Å². The second kappa shape index (κ2) is 10.3. The Bertz CT molecular complexity index is 890. The molecule has 1 N–H and O–H groups in total. The lowest BCUT2D eigenvalue weighted by molar-refractivity contribution is -0.119. The zero-order valence-electron chi connectivity index (χ0n) is 17.5. The number of benzene rings is 1. The smallest absolute Gasteiger partial charge is 0.262 e. The summed E-state index contributed by atoms with van der Waals surface area (Å²) in [6.07, 6.45) is 4.03. The highest BCUT2D eigenvalue weighted by molar-refractivity contribution is 7.99. The molecule has 1 amide bonds. The molecule has 6 nitrogen and oxygen atoms in total. The van der Waals surface area contributed by atoms with Crippen molar-refractivity contribution in [1.82, 2.24) is 14.9 Å². The first-order valence-electron chi connectivity index (χ1n) is 10.5. The van der Waals surface area contributed by atoms with E-state index in [1.54, 1.807) is 10.6 Å². The molecular formula is C22H31N3O3S. The average Bonchev–Trinajstić information content (AvgIpc) is 3.20. The summed E-state index contributed by atoms with van der Waals surface area (Å²) in [5, 5.41) is 4.23. The Hall–Kier alpha value is -1.86. The van der Waals surface area contributed by atoms with E-state index in [0.29, 0.717) is 28.5 Å². The lowest BCUT2D eigenvalue weighted by Gasteiger charge is -2.17. The van der Waals surface area contributed by atoms with Crippen molar-refractivity contribution in [1.29, 1.82) is 0 Å². The molecule has 1 fully saturated rings. The van der Waals surface area contributed by atoms with E-state index in [-0.39, 0.29) is 29.4 Å². The number of carbonyl (C=O) groups is 1. The van der Waals surface area contributed by atoms with Gasteiger partial charge in [-0.3, -0.25) is 14.2 Å². The van der Waals surface area contributed by atoms with Crippen molar-refractivity contribution < 1.29 is 9.53 Å². The normalized spacial score (nSPS) is 17.7. The molecule has 29 heavy (non-hydrogen) atoms. The Morgan fingerprint density at radius 2 is 2.10 bits per heavy atom. The molecule has 0 spiro atoms. The van der Waals surface area contributed by atoms with Crippen molar-refractivity contribution in [3.63, 3.8) is 0 Å². The fourth-order valence-corrected chi connectivity index (χ4v) is 4.33. The highest BCUT2D eigenvalue weighted by Gasteiger charge is 2.21. The Morgan fingerprint density at radius 3 is 2.83 bits per heavy atom. The molecule has 158 valence electrons. The molecule has 0 unspecified atom stereocenters. The largest absolute Gasteiger partial charge is 0.376 e. The van der Waals surface area contributed by atoms with Crippen LogP contribution in [0.3, 0.4) is 0 Å². The standard InChI is InChI=1S/C22H31N3O3S/c1-15(2)10-11-16(3)23-20(26)14-29-22-24-19-9-5-4-8-18(19)21(27)25(22)13-17-7-6-12-28-17/h4-5,8-9,15-17H,6-7,10-14H2,1-3H3,(H,23,26)/t16-,17-/m0/s1. The van der Waals surface area contributed by atoms with Gasteiger partial charge in [-0.25, -0.2) is 4.98 Å². The van der Waals surface area contributed by atoms with Crippen LogP contribution in [0.5, 0.6) is 0 Å². The summed E-state index contributed by atoms with van der Waals surface area (Å²) in [4.78, 5) is 30.1. The highest BCUT2D eigenvalue weighted by atomic mass is 32.2. The molecule has 0 bridgehead atoms. The summed E-state index contributed by atoms with van der Waals surface area (Å²) in [5.41, 5.74) is 0.591. The molecule has 0 aliphatic carbocycles. The summed E-state index contributed by atoms with van der Waals surface area (Å²) in [5.74, 6) is 0.831. The number of fused-ring (bicyclic) bond motifs is 1. The van der Waals surface area contributed by atoms with E-state index >= 15 is 0 Å². The van der Waals surface area contributed by atoms with E-state index in [4.69, 9.17) is 4.74 Å². The van der Waals surface area contributed by atoms with Gasteiger partial charge < -0.3 is 10.1 Å². The molecule has 1 aromatic carbocycles. The number of aromatic nitrogens is 2. The van der Waals surface area contributed by atoms with Crippen LogP contribution in [0, 0.1) is 5.92 Å². The third kappa shape index (κ3) is 6.06. The Labute approximate surface area is 176 Å². The highest BCUT2D eigenvalue weighted by Crippen LogP contribution is 2.21. The van der Waals surface area contributed by atoms with Gasteiger partial charge in [0.05, 0.1) is 29.3 Å². The van der Waals surface area contributed by atoms with Gasteiger partial charge in [-0.05, 0) is 50.7 Å². The molecule has 1 aromatic heterocycles. The summed E-state index contributed by atoms with van der Waals surface area (Å²) >= 11 is 1.32. The number of ether oxygens (including phenoxy) is 1. The summed E-state index contributed by atoms with van der Waals surface area (Å²) < 4.78 is 7.41. The molecule has 0 radical (unpaired) electrons. The maximum Gasteiger partial charge on any atom is 0.262 e. The van der Waals surface area contributed by atoms with Crippen molar-refractivity contribution in [2.75, 3.05) is 12.4 Å². The predicted octanol–water partition coefficient (Wildman–Crippen LogP) is 3.61. The van der Waals surface area contributed by atoms with Gasteiger partial charge in [0.1, 0.15) is 0 Å². The molecule has 0 saturated carbocycles. The number of carbonyl (C=O) groups excluding carboxylic acids is 1. The van der Waals surface area contributed by atoms with Crippen LogP contribution in [-0.4, -0.2) is 40.0 Å². The minimum absolute atomic E-state index is 0.0277. The summed E-state index contributed by atoms with van der Waals surface area (Å²) in [7, 11) is 0. The summed E-state index contributed by atoms with van der Waals surface area (Å²) in [6, 6.07) is 7.50. The van der Waals surface area contributed by atoms with Gasteiger partial charge in [-0.2, -0.15) is 0 Å². The van der Waals surface area contributed by atoms with Crippen LogP contribution >= 0.6 is 11.8 Å². The van der Waals surface area contributed by atoms with Gasteiger partial charge in [-0.15, -0.1) is 0 Å². The van der Waals surface area contributed by atoms with Gasteiger partial charge in [0.2, 0.25) is 5.91 Å². The molecule has 1 aliphatic rings. The number of amides is 1. The predicted molar refractivity (Wildman–Crippen MR) is 117 cm³/mol. The first-order chi connectivity index (χ1) is 13.9. The molecule has 1 saturated heterocycles. The fourth-order valence-electron chi connectivity index (χ4n) is 3.51. The first-order valence-corrected chi connectivity index (χ1v) is 11.5. The van der Waals surface area contributed by atoms with Gasteiger partial charge >= 0.3 is 0 Å². The van der Waals surface area contributed by atoms with E-state index in [0.717, 1.165) is 32.3 Å². The second-order valence-corrected chi connectivity index (χ2v) is 9.13. The van der Waals surface area contributed by atoms with Crippen LogP contribution in [0.1, 0.15) is 46.5 Å². The van der Waals surface area contributed by atoms with E-state index in [9.17, 15) is 9.59 Å². The SMILES string of the molecule is CC(C)CC[C@H](C)NC(=O)CSc1nc2ccccc2c(=O)n1C[C@@H]1CCCO1. The molecular weight excluding hydrogens is 386 g/mol. The van der Waals surface area contributed by atoms with Crippen molar-refractivity contribution in [3.8, 4) is 0 Å². The molecule has 7 heteroatoms. The summed E-state index contributed by atoms with van der Waals surface area (Å²) in [6.45, 7) is 7.61. The van der Waals surface area contributed by atoms with Crippen LogP contribution in [0.25, 0.3) is 10.9 Å². The molecule has 2 heterocycles. The number of hydrogen-bond acceptors (Lipinski definition) is 5. The number of nitrogens with one attached hydrogen (secondary N) is 1. The van der Waals surface area contributed by atoms with Gasteiger partial charge in [-0.1, -0.05) is 37.7 Å². The molecule has 1 aliphatic heterocycles. The second-order valence-electron chi connectivity index (χ2n) is 8.19. The van der Waals surface area contributed by atoms with Crippen molar-refractivity contribution in [2.45, 2.75) is 70.3 Å². The number of nitrogens with zero attached hydrogens (tertiary/aromatic N) is 2. The third-order valence-corrected chi connectivity index (χ3v) is 6.13. The maximum atomic E-state index is 13.1. The number of para-hydroxylation sites is 1. The van der Waals surface area contributed by atoms with Crippen molar-refractivity contribution >= 4 is 28.6 Å². The van der Waals surface area contributed by atoms with Gasteiger partial charge in [0, 0.05) is 12.6 Å². The van der Waals surface area contributed by atoms with E-state index < -0.39 is 0 Å². The lowest BCUT2D eigenvalue weighted by atomic mass is 10.0. The van der Waals surface area contributed by atoms with Crippen molar-refractivity contribution in [3.05, 3.63) is 34.6 Å². The zero-order chi connectivity index (χ0) is 20.8. The quantitative estimate of drug-likeness (QED) is 0.498. The zero-order valence-corrected chi connectivity index (χ0v) is 18.3. The topological polar surface area (TPSA) is 73.2 Å². The minimum atomic E-state index is -0.0701. The minimum Gasteiger partial charge on any atom is -0.376 e. The van der Waals surface area contributed by atoms with Crippen LogP contribution in [-0.2, 0) is 16.1 Å². The van der Waals surface area contributed by atoms with Gasteiger partial charge in [0.25, 0.3) is 5.56 Å². The van der Waals surface area contributed by atoms with E-state index in [1.165, 1.54) is 11.8 Å². The Kier molecular flexibility index (Phi) is 7.72. The van der Waals surface area contributed by atoms with Crippen LogP contribution in [0.4, 0.5) is 0 Å². The van der Waals surface area contributed by atoms with Gasteiger partial charge in [0.15, 0.2) is 5.16 Å². The third-order valence-electron chi connectivity index (χ3n) is 5.15. The number of hydrogen-bond donors (Lipinski definition) is 1. The molecule has 2 aromatic rings.